The van der Waals surface area contributed by atoms with Crippen molar-refractivity contribution >= 4 is 11.6 Å². The zero-order valence-corrected chi connectivity index (χ0v) is 9.36. The highest BCUT2D eigenvalue weighted by Gasteiger charge is 2.05. The summed E-state index contributed by atoms with van der Waals surface area (Å²) < 4.78 is 0. The van der Waals surface area contributed by atoms with E-state index in [9.17, 15) is 0 Å². The first-order valence-electron chi connectivity index (χ1n) is 4.91. The highest BCUT2D eigenvalue weighted by molar-refractivity contribution is 6.32. The van der Waals surface area contributed by atoms with Crippen molar-refractivity contribution in [2.45, 2.75) is 33.6 Å². The molecule has 0 bridgehead atoms. The molecule has 1 rings (SSSR count). The van der Waals surface area contributed by atoms with Crippen molar-refractivity contribution in [2.24, 2.45) is 5.92 Å². The van der Waals surface area contributed by atoms with Crippen molar-refractivity contribution in [2.75, 3.05) is 0 Å². The zero-order valence-electron chi connectivity index (χ0n) is 8.60. The minimum atomic E-state index is 0.671. The first-order chi connectivity index (χ1) is 6.15. The van der Waals surface area contributed by atoms with Gasteiger partial charge in [-0.05, 0) is 29.9 Å². The largest absolute Gasteiger partial charge is 0.0837 e. The molecular weight excluding hydrogens is 180 g/mol. The van der Waals surface area contributed by atoms with Gasteiger partial charge in [-0.2, -0.15) is 0 Å². The molecule has 1 heteroatoms. The lowest BCUT2D eigenvalue weighted by Gasteiger charge is -2.09. The Hall–Kier alpha value is -0.490. The number of hydrogen-bond donors (Lipinski definition) is 0. The van der Waals surface area contributed by atoms with Gasteiger partial charge in [0.15, 0.2) is 0 Å². The van der Waals surface area contributed by atoms with Gasteiger partial charge in [-0.1, -0.05) is 50.6 Å². The normalized spacial score (nSPS) is 10.8. The van der Waals surface area contributed by atoms with Gasteiger partial charge in [0.1, 0.15) is 0 Å². The Bertz CT molecular complexity index is 276. The van der Waals surface area contributed by atoms with E-state index < -0.39 is 0 Å². The molecule has 0 spiro atoms. The maximum Gasteiger partial charge on any atom is 0.0469 e. The van der Waals surface area contributed by atoms with E-state index in [1.165, 1.54) is 11.1 Å². The van der Waals surface area contributed by atoms with Crippen LogP contribution in [-0.2, 0) is 12.8 Å². The van der Waals surface area contributed by atoms with Gasteiger partial charge >= 0.3 is 0 Å². The molecule has 0 unspecified atom stereocenters. The molecule has 0 N–H and O–H groups in total. The number of rotatable bonds is 3. The molecule has 0 saturated heterocycles. The van der Waals surface area contributed by atoms with Gasteiger partial charge in [0.25, 0.3) is 0 Å². The van der Waals surface area contributed by atoms with E-state index in [4.69, 9.17) is 11.6 Å². The summed E-state index contributed by atoms with van der Waals surface area (Å²) in [6, 6.07) is 6.33. The second-order valence-corrected chi connectivity index (χ2v) is 4.22. The summed E-state index contributed by atoms with van der Waals surface area (Å²) in [6.45, 7) is 6.57. The average molecular weight is 197 g/mol. The van der Waals surface area contributed by atoms with E-state index in [2.05, 4.69) is 39.0 Å². The van der Waals surface area contributed by atoms with Crippen molar-refractivity contribution in [3.63, 3.8) is 0 Å². The van der Waals surface area contributed by atoms with Crippen LogP contribution in [0.2, 0.25) is 5.02 Å². The summed E-state index contributed by atoms with van der Waals surface area (Å²) >= 11 is 6.25. The summed E-state index contributed by atoms with van der Waals surface area (Å²) in [5.74, 6) is 0.671. The quantitative estimate of drug-likeness (QED) is 0.683. The van der Waals surface area contributed by atoms with Crippen molar-refractivity contribution in [3.8, 4) is 0 Å². The lowest BCUT2D eigenvalue weighted by Crippen LogP contribution is -1.96. The van der Waals surface area contributed by atoms with Gasteiger partial charge in [0.2, 0.25) is 0 Å². The van der Waals surface area contributed by atoms with Crippen LogP contribution in [0.1, 0.15) is 31.9 Å². The second-order valence-electron chi connectivity index (χ2n) is 3.84. The fraction of sp³-hybridized carbons (Fsp3) is 0.500. The summed E-state index contributed by atoms with van der Waals surface area (Å²) in [7, 11) is 0. The lowest BCUT2D eigenvalue weighted by atomic mass is 10.00. The molecule has 0 fully saturated rings. The molecule has 0 radical (unpaired) electrons. The van der Waals surface area contributed by atoms with E-state index >= 15 is 0 Å². The van der Waals surface area contributed by atoms with Crippen LogP contribution in [0.4, 0.5) is 0 Å². The third-order valence-electron chi connectivity index (χ3n) is 2.17. The second kappa shape index (κ2) is 4.66. The van der Waals surface area contributed by atoms with Gasteiger partial charge in [0, 0.05) is 5.02 Å². The van der Waals surface area contributed by atoms with Gasteiger partial charge < -0.3 is 0 Å². The smallest absolute Gasteiger partial charge is 0.0469 e. The number of benzene rings is 1. The average Bonchev–Trinajstić information content (AvgIpc) is 2.08. The molecule has 0 aliphatic rings. The van der Waals surface area contributed by atoms with Crippen LogP contribution in [0, 0.1) is 5.92 Å². The Balaban J connectivity index is 2.94. The van der Waals surface area contributed by atoms with Crippen LogP contribution in [0.3, 0.4) is 0 Å². The molecule has 1 aromatic carbocycles. The Morgan fingerprint density at radius 2 is 1.85 bits per heavy atom. The number of aryl methyl sites for hydroxylation is 1. The minimum Gasteiger partial charge on any atom is -0.0837 e. The Morgan fingerprint density at radius 3 is 2.38 bits per heavy atom. The highest BCUT2D eigenvalue weighted by atomic mass is 35.5. The van der Waals surface area contributed by atoms with E-state index in [1.54, 1.807) is 0 Å². The van der Waals surface area contributed by atoms with Crippen molar-refractivity contribution in [1.82, 2.24) is 0 Å². The van der Waals surface area contributed by atoms with E-state index in [-0.39, 0.29) is 0 Å². The molecule has 0 atom stereocenters. The summed E-state index contributed by atoms with van der Waals surface area (Å²) in [4.78, 5) is 0. The third-order valence-corrected chi connectivity index (χ3v) is 2.65. The third kappa shape index (κ3) is 2.73. The summed E-state index contributed by atoms with van der Waals surface area (Å²) in [5, 5.41) is 0.971. The lowest BCUT2D eigenvalue weighted by molar-refractivity contribution is 0.647. The van der Waals surface area contributed by atoms with E-state index in [1.807, 2.05) is 0 Å². The van der Waals surface area contributed by atoms with Crippen LogP contribution in [0.5, 0.6) is 0 Å². The molecule has 72 valence electrons. The predicted octanol–water partition coefficient (Wildman–Crippen LogP) is 4.10. The fourth-order valence-electron chi connectivity index (χ4n) is 1.50. The Kier molecular flexibility index (Phi) is 3.80. The van der Waals surface area contributed by atoms with Crippen LogP contribution < -0.4 is 0 Å². The van der Waals surface area contributed by atoms with Gasteiger partial charge in [-0.3, -0.25) is 0 Å². The molecule has 0 aliphatic heterocycles. The highest BCUT2D eigenvalue weighted by Crippen LogP contribution is 2.23. The number of hydrogen-bond acceptors (Lipinski definition) is 0. The zero-order chi connectivity index (χ0) is 9.84. The van der Waals surface area contributed by atoms with Crippen molar-refractivity contribution in [1.29, 1.82) is 0 Å². The maximum atomic E-state index is 6.25. The fourth-order valence-corrected chi connectivity index (χ4v) is 1.84. The Morgan fingerprint density at radius 1 is 1.23 bits per heavy atom. The minimum absolute atomic E-state index is 0.671. The van der Waals surface area contributed by atoms with Gasteiger partial charge in [-0.15, -0.1) is 0 Å². The molecule has 0 aliphatic carbocycles. The van der Waals surface area contributed by atoms with Crippen molar-refractivity contribution < 1.29 is 0 Å². The Labute approximate surface area is 85.9 Å². The predicted molar refractivity (Wildman–Crippen MR) is 59.4 cm³/mol. The molecule has 1 aromatic rings. The standard InChI is InChI=1S/C12H17Cl/c1-4-10-6-5-7-11(12(10)13)8-9(2)3/h5-7,9H,4,8H2,1-3H3. The number of halogens is 1. The molecular formula is C12H17Cl. The van der Waals surface area contributed by atoms with Crippen molar-refractivity contribution in [3.05, 3.63) is 34.3 Å². The van der Waals surface area contributed by atoms with Gasteiger partial charge in [-0.25, -0.2) is 0 Å². The molecule has 0 amide bonds. The SMILES string of the molecule is CCc1cccc(CC(C)C)c1Cl. The van der Waals surface area contributed by atoms with Crippen LogP contribution in [0.15, 0.2) is 18.2 Å². The van der Waals surface area contributed by atoms with Crippen LogP contribution in [0.25, 0.3) is 0 Å². The maximum absolute atomic E-state index is 6.25. The first kappa shape index (κ1) is 10.6. The molecule has 13 heavy (non-hydrogen) atoms. The monoisotopic (exact) mass is 196 g/mol. The topological polar surface area (TPSA) is 0 Å². The molecule has 0 aromatic heterocycles. The van der Waals surface area contributed by atoms with E-state index in [0.717, 1.165) is 17.9 Å². The molecule has 0 heterocycles. The molecule has 0 saturated carbocycles. The van der Waals surface area contributed by atoms with Crippen LogP contribution >= 0.6 is 11.6 Å². The van der Waals surface area contributed by atoms with Crippen LogP contribution in [-0.4, -0.2) is 0 Å². The summed E-state index contributed by atoms with van der Waals surface area (Å²) in [5.41, 5.74) is 2.55. The summed E-state index contributed by atoms with van der Waals surface area (Å²) in [6.07, 6.45) is 2.09. The van der Waals surface area contributed by atoms with Gasteiger partial charge in [0.05, 0.1) is 0 Å². The molecule has 0 nitrogen and oxygen atoms in total. The first-order valence-corrected chi connectivity index (χ1v) is 5.29. The van der Waals surface area contributed by atoms with E-state index in [0.29, 0.717) is 5.92 Å².